The Labute approximate surface area is 107 Å². The number of carbonyl (C=O) groups is 1. The number of hydrogen-bond donors (Lipinski definition) is 2. The fourth-order valence-corrected chi connectivity index (χ4v) is 2.34. The quantitative estimate of drug-likeness (QED) is 0.835. The van der Waals surface area contributed by atoms with E-state index in [0.717, 1.165) is 12.0 Å². The predicted molar refractivity (Wildman–Crippen MR) is 68.3 cm³/mol. The summed E-state index contributed by atoms with van der Waals surface area (Å²) in [6.45, 7) is 2.66. The number of rotatable bonds is 5. The Kier molecular flexibility index (Phi) is 3.99. The van der Waals surface area contributed by atoms with Crippen LogP contribution < -0.4 is 5.32 Å². The molecule has 4 nitrogen and oxygen atoms in total. The van der Waals surface area contributed by atoms with Crippen LogP contribution in [0, 0.1) is 0 Å². The summed E-state index contributed by atoms with van der Waals surface area (Å²) in [5.74, 6) is -0.820. The van der Waals surface area contributed by atoms with Crippen LogP contribution in [0.5, 0.6) is 0 Å². The summed E-state index contributed by atoms with van der Waals surface area (Å²) in [6, 6.07) is 10.0. The minimum absolute atomic E-state index is 0.210. The highest BCUT2D eigenvalue weighted by atomic mass is 16.5. The molecule has 1 saturated heterocycles. The first-order valence-electron chi connectivity index (χ1n) is 6.25. The lowest BCUT2D eigenvalue weighted by Crippen LogP contribution is -2.53. The summed E-state index contributed by atoms with van der Waals surface area (Å²) in [5.41, 5.74) is 0.151. The fraction of sp³-hybridized carbons (Fsp3) is 0.500. The summed E-state index contributed by atoms with van der Waals surface area (Å²) in [4.78, 5) is 11.4. The third-order valence-electron chi connectivity index (χ3n) is 3.40. The summed E-state index contributed by atoms with van der Waals surface area (Å²) in [5, 5.41) is 12.5. The highest BCUT2D eigenvalue weighted by Crippen LogP contribution is 2.24. The van der Waals surface area contributed by atoms with E-state index in [1.165, 1.54) is 0 Å². The monoisotopic (exact) mass is 249 g/mol. The standard InChI is InChI=1S/C14H19NO3/c1-11-7-8-14(15-11,13(16)17)10-18-9-12-5-3-2-4-6-12/h2-6,11,15H,7-10H2,1H3,(H,16,17). The van der Waals surface area contributed by atoms with E-state index in [1.54, 1.807) is 0 Å². The molecule has 0 aliphatic carbocycles. The van der Waals surface area contributed by atoms with Gasteiger partial charge in [0, 0.05) is 6.04 Å². The zero-order valence-corrected chi connectivity index (χ0v) is 10.6. The van der Waals surface area contributed by atoms with Crippen molar-refractivity contribution in [3.63, 3.8) is 0 Å². The normalized spacial score (nSPS) is 27.3. The van der Waals surface area contributed by atoms with Crippen LogP contribution in [-0.2, 0) is 16.1 Å². The molecule has 98 valence electrons. The van der Waals surface area contributed by atoms with Crippen molar-refractivity contribution in [2.75, 3.05) is 6.61 Å². The molecule has 1 aliphatic rings. The number of carboxylic acids is 1. The Bertz CT molecular complexity index is 407. The molecule has 1 aliphatic heterocycles. The van der Waals surface area contributed by atoms with Gasteiger partial charge in [-0.3, -0.25) is 10.1 Å². The maximum atomic E-state index is 11.4. The van der Waals surface area contributed by atoms with Crippen LogP contribution in [-0.4, -0.2) is 29.3 Å². The highest BCUT2D eigenvalue weighted by Gasteiger charge is 2.44. The van der Waals surface area contributed by atoms with Gasteiger partial charge in [0.2, 0.25) is 0 Å². The molecule has 1 heterocycles. The van der Waals surface area contributed by atoms with E-state index in [9.17, 15) is 9.90 Å². The SMILES string of the molecule is CC1CCC(COCc2ccccc2)(C(=O)O)N1. The number of nitrogens with one attached hydrogen (secondary N) is 1. The van der Waals surface area contributed by atoms with Crippen LogP contribution in [0.25, 0.3) is 0 Å². The van der Waals surface area contributed by atoms with Crippen LogP contribution >= 0.6 is 0 Å². The van der Waals surface area contributed by atoms with E-state index in [2.05, 4.69) is 5.32 Å². The van der Waals surface area contributed by atoms with E-state index in [0.29, 0.717) is 13.0 Å². The fourth-order valence-electron chi connectivity index (χ4n) is 2.34. The molecule has 0 spiro atoms. The second-order valence-electron chi connectivity index (χ2n) is 4.95. The highest BCUT2D eigenvalue weighted by molar-refractivity contribution is 5.79. The molecule has 2 rings (SSSR count). The van der Waals surface area contributed by atoms with E-state index < -0.39 is 11.5 Å². The molecular formula is C14H19NO3. The lowest BCUT2D eigenvalue weighted by atomic mass is 9.99. The Morgan fingerprint density at radius 1 is 1.50 bits per heavy atom. The summed E-state index contributed by atoms with van der Waals surface area (Å²) in [6.07, 6.45) is 1.50. The lowest BCUT2D eigenvalue weighted by Gasteiger charge is -2.25. The largest absolute Gasteiger partial charge is 0.480 e. The Morgan fingerprint density at radius 3 is 2.78 bits per heavy atom. The van der Waals surface area contributed by atoms with Crippen LogP contribution in [0.2, 0.25) is 0 Å². The van der Waals surface area contributed by atoms with Crippen LogP contribution in [0.1, 0.15) is 25.3 Å². The maximum absolute atomic E-state index is 11.4. The Balaban J connectivity index is 1.90. The van der Waals surface area contributed by atoms with E-state index >= 15 is 0 Å². The second-order valence-corrected chi connectivity index (χ2v) is 4.95. The van der Waals surface area contributed by atoms with Gasteiger partial charge in [-0.25, -0.2) is 0 Å². The van der Waals surface area contributed by atoms with Crippen molar-refractivity contribution in [2.45, 2.75) is 38.0 Å². The van der Waals surface area contributed by atoms with Crippen LogP contribution in [0.3, 0.4) is 0 Å². The molecule has 0 bridgehead atoms. The number of carboxylic acid groups (broad SMARTS) is 1. The third kappa shape index (κ3) is 2.89. The van der Waals surface area contributed by atoms with E-state index in [1.807, 2.05) is 37.3 Å². The van der Waals surface area contributed by atoms with Crippen molar-refractivity contribution < 1.29 is 14.6 Å². The van der Waals surface area contributed by atoms with Crippen LogP contribution in [0.4, 0.5) is 0 Å². The van der Waals surface area contributed by atoms with Gasteiger partial charge in [0.05, 0.1) is 13.2 Å². The first-order chi connectivity index (χ1) is 8.62. The number of aliphatic carboxylic acids is 1. The molecule has 18 heavy (non-hydrogen) atoms. The lowest BCUT2D eigenvalue weighted by molar-refractivity contribution is -0.147. The molecule has 0 saturated carbocycles. The third-order valence-corrected chi connectivity index (χ3v) is 3.40. The predicted octanol–water partition coefficient (Wildman–Crippen LogP) is 1.80. The van der Waals surface area contributed by atoms with Crippen molar-refractivity contribution in [1.29, 1.82) is 0 Å². The van der Waals surface area contributed by atoms with Crippen molar-refractivity contribution >= 4 is 5.97 Å². The Morgan fingerprint density at radius 2 is 2.22 bits per heavy atom. The molecule has 4 heteroatoms. The second kappa shape index (κ2) is 5.50. The van der Waals surface area contributed by atoms with Gasteiger partial charge in [0.15, 0.2) is 0 Å². The van der Waals surface area contributed by atoms with Gasteiger partial charge in [0.25, 0.3) is 0 Å². The van der Waals surface area contributed by atoms with Crippen molar-refractivity contribution in [3.8, 4) is 0 Å². The first-order valence-corrected chi connectivity index (χ1v) is 6.25. The Hall–Kier alpha value is -1.39. The molecule has 2 atom stereocenters. The molecule has 1 aromatic rings. The number of hydrogen-bond acceptors (Lipinski definition) is 3. The van der Waals surface area contributed by atoms with Crippen molar-refractivity contribution in [3.05, 3.63) is 35.9 Å². The van der Waals surface area contributed by atoms with Gasteiger partial charge in [-0.2, -0.15) is 0 Å². The smallest absolute Gasteiger partial charge is 0.326 e. The number of benzene rings is 1. The minimum atomic E-state index is -0.909. The molecule has 2 unspecified atom stereocenters. The van der Waals surface area contributed by atoms with Gasteiger partial charge < -0.3 is 9.84 Å². The topological polar surface area (TPSA) is 58.6 Å². The average molecular weight is 249 g/mol. The zero-order chi connectivity index (χ0) is 13.0. The average Bonchev–Trinajstić information content (AvgIpc) is 2.74. The van der Waals surface area contributed by atoms with Gasteiger partial charge in [-0.05, 0) is 25.3 Å². The van der Waals surface area contributed by atoms with E-state index in [4.69, 9.17) is 4.74 Å². The zero-order valence-electron chi connectivity index (χ0n) is 10.6. The molecule has 2 N–H and O–H groups in total. The molecular weight excluding hydrogens is 230 g/mol. The summed E-state index contributed by atoms with van der Waals surface area (Å²) in [7, 11) is 0. The van der Waals surface area contributed by atoms with Gasteiger partial charge in [0.1, 0.15) is 5.54 Å². The van der Waals surface area contributed by atoms with Crippen molar-refractivity contribution in [1.82, 2.24) is 5.32 Å². The summed E-state index contributed by atoms with van der Waals surface area (Å²) >= 11 is 0. The molecule has 0 radical (unpaired) electrons. The van der Waals surface area contributed by atoms with Gasteiger partial charge in [-0.15, -0.1) is 0 Å². The minimum Gasteiger partial charge on any atom is -0.480 e. The molecule has 1 aromatic carbocycles. The van der Waals surface area contributed by atoms with E-state index in [-0.39, 0.29) is 12.6 Å². The molecule has 0 aromatic heterocycles. The molecule has 0 amide bonds. The number of ether oxygens (including phenoxy) is 1. The van der Waals surface area contributed by atoms with Gasteiger partial charge >= 0.3 is 5.97 Å². The van der Waals surface area contributed by atoms with Crippen LogP contribution in [0.15, 0.2) is 30.3 Å². The molecule has 1 fully saturated rings. The van der Waals surface area contributed by atoms with Crippen molar-refractivity contribution in [2.24, 2.45) is 0 Å². The first kappa shape index (κ1) is 13.1. The van der Waals surface area contributed by atoms with Gasteiger partial charge in [-0.1, -0.05) is 30.3 Å². The maximum Gasteiger partial charge on any atom is 0.326 e. The summed E-state index contributed by atoms with van der Waals surface area (Å²) < 4.78 is 5.57.